The van der Waals surface area contributed by atoms with Gasteiger partial charge in [-0.25, -0.2) is 0 Å². The van der Waals surface area contributed by atoms with Crippen molar-refractivity contribution in [2.45, 2.75) is 44.9 Å². The van der Waals surface area contributed by atoms with Crippen molar-refractivity contribution in [3.8, 4) is 0 Å². The maximum Gasteiger partial charge on any atom is 0.136 e. The molecule has 0 aromatic rings. The van der Waals surface area contributed by atoms with Gasteiger partial charge in [-0.2, -0.15) is 11.8 Å². The van der Waals surface area contributed by atoms with Gasteiger partial charge in [0.2, 0.25) is 0 Å². The lowest BCUT2D eigenvalue weighted by Gasteiger charge is -2.20. The van der Waals surface area contributed by atoms with Crippen molar-refractivity contribution in [2.75, 3.05) is 11.5 Å². The van der Waals surface area contributed by atoms with Crippen LogP contribution in [0.1, 0.15) is 44.9 Å². The van der Waals surface area contributed by atoms with E-state index in [4.69, 9.17) is 0 Å². The van der Waals surface area contributed by atoms with E-state index in [2.05, 4.69) is 11.8 Å². The summed E-state index contributed by atoms with van der Waals surface area (Å²) in [6, 6.07) is 0. The van der Waals surface area contributed by atoms with Crippen LogP contribution in [0.15, 0.2) is 0 Å². The van der Waals surface area contributed by atoms with Gasteiger partial charge in [0.05, 0.1) is 0 Å². The van der Waals surface area contributed by atoms with Crippen LogP contribution in [0.25, 0.3) is 0 Å². The van der Waals surface area contributed by atoms with Gasteiger partial charge in [-0.05, 0) is 54.9 Å². The number of rotatable bonds is 3. The number of hydrogen-bond acceptors (Lipinski definition) is 2. The van der Waals surface area contributed by atoms with Crippen molar-refractivity contribution in [1.82, 2.24) is 0 Å². The molecule has 2 unspecified atom stereocenters. The van der Waals surface area contributed by atoms with Gasteiger partial charge in [0.25, 0.3) is 0 Å². The summed E-state index contributed by atoms with van der Waals surface area (Å²) in [5.41, 5.74) is 0. The fourth-order valence-corrected chi connectivity index (χ4v) is 5.05. The second kappa shape index (κ2) is 4.72. The third-order valence-corrected chi connectivity index (χ3v) is 5.91. The highest BCUT2D eigenvalue weighted by Crippen LogP contribution is 2.56. The number of carbonyl (C=O) groups is 1. The van der Waals surface area contributed by atoms with Crippen molar-refractivity contribution in [3.05, 3.63) is 0 Å². The molecule has 0 aromatic heterocycles. The molecule has 2 atom stereocenters. The van der Waals surface area contributed by atoms with E-state index < -0.39 is 0 Å². The van der Waals surface area contributed by atoms with E-state index in [1.807, 2.05) is 0 Å². The van der Waals surface area contributed by atoms with Crippen LogP contribution >= 0.6 is 11.8 Å². The number of thioether (sulfide) groups is 1. The maximum absolute atomic E-state index is 12.2. The Labute approximate surface area is 103 Å². The highest BCUT2D eigenvalue weighted by Gasteiger charge is 2.54. The fourth-order valence-electron chi connectivity index (χ4n) is 3.84. The van der Waals surface area contributed by atoms with Crippen molar-refractivity contribution in [2.24, 2.45) is 23.7 Å². The van der Waals surface area contributed by atoms with Gasteiger partial charge in [0, 0.05) is 12.3 Å². The molecule has 2 saturated carbocycles. The lowest BCUT2D eigenvalue weighted by Crippen LogP contribution is -2.16. The van der Waals surface area contributed by atoms with Crippen LogP contribution in [-0.2, 0) is 4.79 Å². The van der Waals surface area contributed by atoms with Crippen LogP contribution in [-0.4, -0.2) is 17.3 Å². The molecule has 0 bridgehead atoms. The lowest BCUT2D eigenvalue weighted by molar-refractivity contribution is -0.121. The summed E-state index contributed by atoms with van der Waals surface area (Å²) in [5, 5.41) is 0. The van der Waals surface area contributed by atoms with Crippen LogP contribution in [0.5, 0.6) is 0 Å². The Morgan fingerprint density at radius 2 is 1.62 bits per heavy atom. The van der Waals surface area contributed by atoms with E-state index >= 15 is 0 Å². The first-order valence-electron chi connectivity index (χ1n) is 6.96. The summed E-state index contributed by atoms with van der Waals surface area (Å²) in [5.74, 6) is 6.09. The van der Waals surface area contributed by atoms with Crippen LogP contribution in [0, 0.1) is 23.7 Å². The van der Waals surface area contributed by atoms with E-state index in [9.17, 15) is 4.79 Å². The monoisotopic (exact) mass is 238 g/mol. The predicted octanol–water partition coefficient (Wildman–Crippen LogP) is 3.53. The van der Waals surface area contributed by atoms with Crippen LogP contribution in [0.2, 0.25) is 0 Å². The van der Waals surface area contributed by atoms with Crippen molar-refractivity contribution >= 4 is 17.5 Å². The predicted molar refractivity (Wildman–Crippen MR) is 68.6 cm³/mol. The standard InChI is InChI=1S/C14H22OS/c15-13(9-10-5-7-16-8-6-10)14-11-3-1-2-4-12(11)14/h10-12,14H,1-9H2. The molecule has 3 rings (SSSR count). The smallest absolute Gasteiger partial charge is 0.136 e. The molecule has 2 aliphatic carbocycles. The highest BCUT2D eigenvalue weighted by atomic mass is 32.2. The molecule has 0 N–H and O–H groups in total. The number of Topliss-reactive ketones (excluding diaryl/α,β-unsaturated/α-hetero) is 1. The van der Waals surface area contributed by atoms with E-state index in [0.717, 1.165) is 24.2 Å². The number of hydrogen-bond donors (Lipinski definition) is 0. The Morgan fingerprint density at radius 1 is 1.00 bits per heavy atom. The molecular weight excluding hydrogens is 216 g/mol. The first-order valence-corrected chi connectivity index (χ1v) is 8.12. The molecule has 90 valence electrons. The second-order valence-corrected chi connectivity index (χ2v) is 7.09. The van der Waals surface area contributed by atoms with Gasteiger partial charge >= 0.3 is 0 Å². The van der Waals surface area contributed by atoms with Gasteiger partial charge in [0.15, 0.2) is 0 Å². The molecule has 0 radical (unpaired) electrons. The molecule has 1 nitrogen and oxygen atoms in total. The third kappa shape index (κ3) is 2.18. The number of carbonyl (C=O) groups excluding carboxylic acids is 1. The average Bonchev–Trinajstić information content (AvgIpc) is 3.04. The van der Waals surface area contributed by atoms with Gasteiger partial charge in [-0.15, -0.1) is 0 Å². The van der Waals surface area contributed by atoms with E-state index in [-0.39, 0.29) is 0 Å². The highest BCUT2D eigenvalue weighted by molar-refractivity contribution is 7.99. The Hall–Kier alpha value is 0.0200. The lowest BCUT2D eigenvalue weighted by atomic mass is 9.94. The molecule has 3 aliphatic rings. The molecule has 16 heavy (non-hydrogen) atoms. The third-order valence-electron chi connectivity index (χ3n) is 4.86. The van der Waals surface area contributed by atoms with Gasteiger partial charge in [-0.1, -0.05) is 12.8 Å². The van der Waals surface area contributed by atoms with Gasteiger partial charge in [-0.3, -0.25) is 4.79 Å². The largest absolute Gasteiger partial charge is 0.299 e. The van der Waals surface area contributed by atoms with Crippen molar-refractivity contribution in [3.63, 3.8) is 0 Å². The zero-order valence-corrected chi connectivity index (χ0v) is 10.8. The van der Waals surface area contributed by atoms with E-state index in [1.54, 1.807) is 0 Å². The topological polar surface area (TPSA) is 17.1 Å². The minimum Gasteiger partial charge on any atom is -0.299 e. The SMILES string of the molecule is O=C(CC1CCSCC1)C1C2CCCCC21. The molecule has 1 heterocycles. The Bertz CT molecular complexity index is 258. The zero-order chi connectivity index (χ0) is 11.0. The zero-order valence-electron chi connectivity index (χ0n) is 9.99. The summed E-state index contributed by atoms with van der Waals surface area (Å²) < 4.78 is 0. The first kappa shape index (κ1) is 11.1. The van der Waals surface area contributed by atoms with Crippen LogP contribution in [0.4, 0.5) is 0 Å². The van der Waals surface area contributed by atoms with Gasteiger partial charge < -0.3 is 0 Å². The number of fused-ring (bicyclic) bond motifs is 1. The molecule has 2 heteroatoms. The Kier molecular flexibility index (Phi) is 3.28. The first-order chi connectivity index (χ1) is 7.86. The molecular formula is C14H22OS. The van der Waals surface area contributed by atoms with E-state index in [0.29, 0.717) is 11.7 Å². The number of ketones is 1. The maximum atomic E-state index is 12.2. The summed E-state index contributed by atoms with van der Waals surface area (Å²) in [6.07, 6.45) is 8.95. The molecule has 1 aliphatic heterocycles. The molecule has 0 aromatic carbocycles. The molecule has 0 spiro atoms. The van der Waals surface area contributed by atoms with Gasteiger partial charge in [0.1, 0.15) is 5.78 Å². The Morgan fingerprint density at radius 3 is 2.25 bits per heavy atom. The minimum absolute atomic E-state index is 0.511. The van der Waals surface area contributed by atoms with E-state index in [1.165, 1.54) is 50.0 Å². The summed E-state index contributed by atoms with van der Waals surface area (Å²) >= 11 is 2.06. The average molecular weight is 238 g/mol. The van der Waals surface area contributed by atoms with Crippen molar-refractivity contribution < 1.29 is 4.79 Å². The summed E-state index contributed by atoms with van der Waals surface area (Å²) in [7, 11) is 0. The van der Waals surface area contributed by atoms with Crippen LogP contribution < -0.4 is 0 Å². The summed E-state index contributed by atoms with van der Waals surface area (Å²) in [6.45, 7) is 0. The Balaban J connectivity index is 1.50. The quantitative estimate of drug-likeness (QED) is 0.748. The second-order valence-electron chi connectivity index (χ2n) is 5.86. The summed E-state index contributed by atoms with van der Waals surface area (Å²) in [4.78, 5) is 12.2. The van der Waals surface area contributed by atoms with Crippen LogP contribution in [0.3, 0.4) is 0 Å². The van der Waals surface area contributed by atoms with Crippen molar-refractivity contribution in [1.29, 1.82) is 0 Å². The molecule has 0 amide bonds. The minimum atomic E-state index is 0.511. The molecule has 1 saturated heterocycles. The molecule has 3 fully saturated rings. The fraction of sp³-hybridized carbons (Fsp3) is 0.929. The normalized spacial score (nSPS) is 39.1.